The summed E-state index contributed by atoms with van der Waals surface area (Å²) in [6, 6.07) is 0.652. The van der Waals surface area contributed by atoms with Crippen LogP contribution >= 0.6 is 0 Å². The lowest BCUT2D eigenvalue weighted by Gasteiger charge is -2.37. The van der Waals surface area contributed by atoms with E-state index in [0.717, 1.165) is 50.7 Å². The van der Waals surface area contributed by atoms with E-state index >= 15 is 0 Å². The summed E-state index contributed by atoms with van der Waals surface area (Å²) in [5.74, 6) is 1.50. The lowest BCUT2D eigenvalue weighted by molar-refractivity contribution is 0.0373. The normalized spacial score (nSPS) is 28.9. The lowest BCUT2D eigenvalue weighted by atomic mass is 10.1. The Labute approximate surface area is 92.2 Å². The maximum atomic E-state index is 12.0. The van der Waals surface area contributed by atoms with Gasteiger partial charge in [-0.1, -0.05) is 0 Å². The second-order valence-corrected chi connectivity index (χ2v) is 6.97. The zero-order valence-corrected chi connectivity index (χ0v) is 10.2. The topological polar surface area (TPSA) is 41.9 Å². The van der Waals surface area contributed by atoms with Gasteiger partial charge in [0.15, 0.2) is 0 Å². The Hall–Kier alpha value is -0.130. The standard InChI is InChI=1S/C10H20N2O2S/c1-11-15(13)8-4-12(5-9-15)10-2-6-14-7-3-10/h10H,2-9H2,1H3. The third-order valence-corrected chi connectivity index (χ3v) is 5.74. The van der Waals surface area contributed by atoms with Crippen LogP contribution in [0.25, 0.3) is 0 Å². The maximum absolute atomic E-state index is 12.0. The molecule has 0 unspecified atom stereocenters. The zero-order valence-electron chi connectivity index (χ0n) is 9.35. The second-order valence-electron chi connectivity index (χ2n) is 4.24. The number of ether oxygens (including phenoxy) is 1. The molecule has 0 amide bonds. The van der Waals surface area contributed by atoms with Crippen LogP contribution in [0, 0.1) is 0 Å². The predicted octanol–water partition coefficient (Wildman–Crippen LogP) is 0.579. The molecule has 0 bridgehead atoms. The minimum absolute atomic E-state index is 0.652. The van der Waals surface area contributed by atoms with E-state index in [1.165, 1.54) is 0 Å². The van der Waals surface area contributed by atoms with E-state index in [1.54, 1.807) is 7.05 Å². The van der Waals surface area contributed by atoms with Crippen LogP contribution in [0.2, 0.25) is 0 Å². The quantitative estimate of drug-likeness (QED) is 0.664. The minimum atomic E-state index is -1.85. The monoisotopic (exact) mass is 232 g/mol. The molecule has 0 radical (unpaired) electrons. The summed E-state index contributed by atoms with van der Waals surface area (Å²) in [5, 5.41) is 0. The van der Waals surface area contributed by atoms with Gasteiger partial charge in [-0.15, -0.1) is 0 Å². The van der Waals surface area contributed by atoms with Gasteiger partial charge in [0.2, 0.25) is 0 Å². The van der Waals surface area contributed by atoms with Crippen molar-refractivity contribution in [3.8, 4) is 0 Å². The van der Waals surface area contributed by atoms with Crippen LogP contribution < -0.4 is 0 Å². The molecule has 5 heteroatoms. The van der Waals surface area contributed by atoms with Gasteiger partial charge in [0, 0.05) is 60.6 Å². The van der Waals surface area contributed by atoms with Crippen molar-refractivity contribution < 1.29 is 8.95 Å². The molecule has 0 aromatic rings. The van der Waals surface area contributed by atoms with E-state index in [2.05, 4.69) is 9.26 Å². The highest BCUT2D eigenvalue weighted by molar-refractivity contribution is 7.93. The van der Waals surface area contributed by atoms with E-state index in [-0.39, 0.29) is 0 Å². The van der Waals surface area contributed by atoms with Gasteiger partial charge >= 0.3 is 0 Å². The van der Waals surface area contributed by atoms with Crippen molar-refractivity contribution in [3.63, 3.8) is 0 Å². The lowest BCUT2D eigenvalue weighted by Crippen LogP contribution is -2.47. The van der Waals surface area contributed by atoms with E-state index in [1.807, 2.05) is 0 Å². The number of rotatable bonds is 1. The van der Waals surface area contributed by atoms with Gasteiger partial charge in [-0.25, -0.2) is 8.57 Å². The van der Waals surface area contributed by atoms with Crippen molar-refractivity contribution in [2.75, 3.05) is 44.9 Å². The molecule has 88 valence electrons. The summed E-state index contributed by atoms with van der Waals surface area (Å²) in [7, 11) is -0.161. The van der Waals surface area contributed by atoms with Gasteiger partial charge in [0.05, 0.1) is 0 Å². The zero-order chi connectivity index (χ0) is 10.7. The van der Waals surface area contributed by atoms with Gasteiger partial charge in [-0.2, -0.15) is 0 Å². The van der Waals surface area contributed by atoms with Gasteiger partial charge in [-0.3, -0.25) is 4.90 Å². The Morgan fingerprint density at radius 1 is 1.27 bits per heavy atom. The molecule has 0 aliphatic carbocycles. The molecule has 0 saturated carbocycles. The molecule has 0 aromatic carbocycles. The molecule has 0 atom stereocenters. The highest BCUT2D eigenvalue weighted by Gasteiger charge is 2.26. The van der Waals surface area contributed by atoms with Crippen molar-refractivity contribution in [2.45, 2.75) is 18.9 Å². The average Bonchev–Trinajstić information content (AvgIpc) is 2.31. The smallest absolute Gasteiger partial charge is 0.0490 e. The fourth-order valence-corrected chi connectivity index (χ4v) is 3.94. The molecule has 2 aliphatic heterocycles. The molecule has 0 N–H and O–H groups in total. The van der Waals surface area contributed by atoms with Gasteiger partial charge in [-0.05, 0) is 12.8 Å². The molecule has 2 fully saturated rings. The number of hydrogen-bond donors (Lipinski definition) is 0. The Kier molecular flexibility index (Phi) is 3.64. The van der Waals surface area contributed by atoms with Crippen molar-refractivity contribution >= 4 is 9.73 Å². The first-order chi connectivity index (χ1) is 7.23. The highest BCUT2D eigenvalue weighted by atomic mass is 32.2. The van der Waals surface area contributed by atoms with E-state index < -0.39 is 9.73 Å². The first-order valence-electron chi connectivity index (χ1n) is 5.66. The fourth-order valence-electron chi connectivity index (χ4n) is 2.33. The Morgan fingerprint density at radius 3 is 2.40 bits per heavy atom. The van der Waals surface area contributed by atoms with E-state index in [4.69, 9.17) is 4.74 Å². The van der Waals surface area contributed by atoms with Gasteiger partial charge in [0.25, 0.3) is 0 Å². The largest absolute Gasteiger partial charge is 0.381 e. The molecule has 2 heterocycles. The van der Waals surface area contributed by atoms with Crippen LogP contribution in [0.3, 0.4) is 0 Å². The molecule has 0 spiro atoms. The number of hydrogen-bond acceptors (Lipinski definition) is 4. The van der Waals surface area contributed by atoms with E-state index in [9.17, 15) is 4.21 Å². The van der Waals surface area contributed by atoms with Gasteiger partial charge < -0.3 is 4.74 Å². The van der Waals surface area contributed by atoms with Crippen LogP contribution in [-0.4, -0.2) is 60.0 Å². The average molecular weight is 232 g/mol. The van der Waals surface area contributed by atoms with Crippen molar-refractivity contribution in [2.24, 2.45) is 4.36 Å². The molecule has 2 saturated heterocycles. The summed E-state index contributed by atoms with van der Waals surface area (Å²) in [6.45, 7) is 3.66. The van der Waals surface area contributed by atoms with Crippen LogP contribution in [0.5, 0.6) is 0 Å². The Balaban J connectivity index is 1.90. The SMILES string of the molecule is CN=S1(=O)CCN(C2CCOCC2)CC1. The molecular formula is C10H20N2O2S. The molecule has 2 rings (SSSR count). The summed E-state index contributed by atoms with van der Waals surface area (Å²) in [6.07, 6.45) is 2.26. The fraction of sp³-hybridized carbons (Fsp3) is 1.00. The maximum Gasteiger partial charge on any atom is 0.0490 e. The Bertz CT molecular complexity index is 303. The first-order valence-corrected chi connectivity index (χ1v) is 7.51. The van der Waals surface area contributed by atoms with Crippen LogP contribution in [0.4, 0.5) is 0 Å². The summed E-state index contributed by atoms with van der Waals surface area (Å²) in [4.78, 5) is 2.47. The third-order valence-electron chi connectivity index (χ3n) is 3.43. The minimum Gasteiger partial charge on any atom is -0.381 e. The van der Waals surface area contributed by atoms with Crippen LogP contribution in [0.1, 0.15) is 12.8 Å². The van der Waals surface area contributed by atoms with Crippen LogP contribution in [0.15, 0.2) is 4.36 Å². The van der Waals surface area contributed by atoms with Crippen LogP contribution in [-0.2, 0) is 14.5 Å². The van der Waals surface area contributed by atoms with Gasteiger partial charge in [0.1, 0.15) is 0 Å². The highest BCUT2D eigenvalue weighted by Crippen LogP contribution is 2.17. The summed E-state index contributed by atoms with van der Waals surface area (Å²) >= 11 is 0. The molecule has 15 heavy (non-hydrogen) atoms. The predicted molar refractivity (Wildman–Crippen MR) is 61.6 cm³/mol. The number of nitrogens with zero attached hydrogens (tertiary/aromatic N) is 2. The van der Waals surface area contributed by atoms with Crippen molar-refractivity contribution in [1.82, 2.24) is 4.90 Å². The summed E-state index contributed by atoms with van der Waals surface area (Å²) < 4.78 is 21.4. The van der Waals surface area contributed by atoms with Crippen molar-refractivity contribution in [1.29, 1.82) is 0 Å². The van der Waals surface area contributed by atoms with Crippen molar-refractivity contribution in [3.05, 3.63) is 0 Å². The van der Waals surface area contributed by atoms with E-state index in [0.29, 0.717) is 6.04 Å². The third kappa shape index (κ3) is 2.71. The summed E-state index contributed by atoms with van der Waals surface area (Å²) in [5.41, 5.74) is 0. The molecule has 4 nitrogen and oxygen atoms in total. The Morgan fingerprint density at radius 2 is 1.87 bits per heavy atom. The molecular weight excluding hydrogens is 212 g/mol. The first kappa shape index (κ1) is 11.4. The molecule has 0 aromatic heterocycles. The molecule has 2 aliphatic rings. The second kappa shape index (κ2) is 4.80.